The fourth-order valence-electron chi connectivity index (χ4n) is 1.86. The maximum absolute atomic E-state index is 12.0. The fourth-order valence-corrected chi connectivity index (χ4v) is 2.88. The summed E-state index contributed by atoms with van der Waals surface area (Å²) in [5.41, 5.74) is 1.44. The molecule has 0 radical (unpaired) electrons. The van der Waals surface area contributed by atoms with E-state index in [9.17, 15) is 9.90 Å². The Labute approximate surface area is 136 Å². The van der Waals surface area contributed by atoms with Crippen LogP contribution < -0.4 is 5.32 Å². The van der Waals surface area contributed by atoms with Gasteiger partial charge in [0.1, 0.15) is 5.75 Å². The first-order valence-electron chi connectivity index (χ1n) is 6.45. The minimum absolute atomic E-state index is 0.173. The molecule has 2 aromatic carbocycles. The molecule has 3 rings (SSSR count). The second-order valence-electron chi connectivity index (χ2n) is 4.52. The number of amidine groups is 1. The summed E-state index contributed by atoms with van der Waals surface area (Å²) in [5.74, 6) is -0.0335. The van der Waals surface area contributed by atoms with E-state index in [0.29, 0.717) is 20.8 Å². The van der Waals surface area contributed by atoms with Gasteiger partial charge in [0, 0.05) is 5.02 Å². The molecule has 6 heteroatoms. The first kappa shape index (κ1) is 14.7. The Morgan fingerprint density at radius 1 is 1.14 bits per heavy atom. The van der Waals surface area contributed by atoms with E-state index in [1.54, 1.807) is 36.4 Å². The van der Waals surface area contributed by atoms with Crippen molar-refractivity contribution in [2.75, 3.05) is 0 Å². The van der Waals surface area contributed by atoms with E-state index in [-0.39, 0.29) is 11.7 Å². The molecule has 2 N–H and O–H groups in total. The van der Waals surface area contributed by atoms with Gasteiger partial charge in [0.15, 0.2) is 5.17 Å². The van der Waals surface area contributed by atoms with Crippen molar-refractivity contribution < 1.29 is 9.90 Å². The van der Waals surface area contributed by atoms with Gasteiger partial charge in [-0.2, -0.15) is 0 Å². The number of aliphatic imine (C=N–C) groups is 1. The van der Waals surface area contributed by atoms with E-state index in [1.165, 1.54) is 11.8 Å². The van der Waals surface area contributed by atoms with Gasteiger partial charge in [0.25, 0.3) is 5.91 Å². The minimum atomic E-state index is -0.206. The van der Waals surface area contributed by atoms with Gasteiger partial charge in [-0.1, -0.05) is 29.8 Å². The van der Waals surface area contributed by atoms with Crippen molar-refractivity contribution in [3.8, 4) is 5.75 Å². The Bertz CT molecular complexity index is 785. The van der Waals surface area contributed by atoms with Crippen molar-refractivity contribution in [3.05, 3.63) is 64.0 Å². The predicted octanol–water partition coefficient (Wildman–Crippen LogP) is 3.94. The molecule has 22 heavy (non-hydrogen) atoms. The molecule has 2 aromatic rings. The number of amides is 1. The summed E-state index contributed by atoms with van der Waals surface area (Å²) in [4.78, 5) is 16.8. The van der Waals surface area contributed by atoms with Crippen molar-refractivity contribution in [1.82, 2.24) is 5.32 Å². The molecule has 0 aliphatic carbocycles. The number of nitrogens with one attached hydrogen (secondary N) is 1. The molecule has 0 saturated carbocycles. The molecule has 1 saturated heterocycles. The Morgan fingerprint density at radius 2 is 1.86 bits per heavy atom. The highest BCUT2D eigenvalue weighted by molar-refractivity contribution is 8.18. The van der Waals surface area contributed by atoms with Gasteiger partial charge in [-0.05, 0) is 53.7 Å². The van der Waals surface area contributed by atoms with E-state index in [2.05, 4.69) is 10.3 Å². The lowest BCUT2D eigenvalue weighted by Crippen LogP contribution is -2.19. The molecule has 0 bridgehead atoms. The zero-order chi connectivity index (χ0) is 15.5. The molecular formula is C16H11ClN2O2S. The number of thioether (sulfide) groups is 1. The van der Waals surface area contributed by atoms with Crippen LogP contribution in [0.2, 0.25) is 5.02 Å². The van der Waals surface area contributed by atoms with Crippen LogP contribution in [0.15, 0.2) is 58.4 Å². The molecule has 0 atom stereocenters. The lowest BCUT2D eigenvalue weighted by Gasteiger charge is -1.97. The molecule has 1 fully saturated rings. The highest BCUT2D eigenvalue weighted by Crippen LogP contribution is 2.30. The molecule has 1 aliphatic heterocycles. The standard InChI is InChI=1S/C16H11ClN2O2S/c17-13-4-2-1-3-10(13)9-14-15(21)19-16(22-14)18-11-5-7-12(20)8-6-11/h1-9,20H,(H,18,19,21)/b14-9+. The van der Waals surface area contributed by atoms with E-state index >= 15 is 0 Å². The first-order chi connectivity index (χ1) is 10.6. The third-order valence-corrected chi connectivity index (χ3v) is 4.18. The van der Waals surface area contributed by atoms with E-state index in [1.807, 2.05) is 18.2 Å². The van der Waals surface area contributed by atoms with E-state index in [0.717, 1.165) is 5.56 Å². The molecule has 4 nitrogen and oxygen atoms in total. The number of phenolic OH excluding ortho intramolecular Hbond substituents is 1. The second kappa shape index (κ2) is 6.25. The van der Waals surface area contributed by atoms with Crippen LogP contribution in [0.4, 0.5) is 5.69 Å². The minimum Gasteiger partial charge on any atom is -0.508 e. The van der Waals surface area contributed by atoms with Crippen molar-refractivity contribution in [1.29, 1.82) is 0 Å². The smallest absolute Gasteiger partial charge is 0.264 e. The summed E-state index contributed by atoms with van der Waals surface area (Å²) >= 11 is 7.34. The van der Waals surface area contributed by atoms with Crippen molar-refractivity contribution >= 4 is 46.2 Å². The van der Waals surface area contributed by atoms with Crippen LogP contribution in [0.3, 0.4) is 0 Å². The van der Waals surface area contributed by atoms with Gasteiger partial charge in [-0.25, -0.2) is 4.99 Å². The Morgan fingerprint density at radius 3 is 2.59 bits per heavy atom. The molecule has 110 valence electrons. The molecule has 0 spiro atoms. The number of rotatable bonds is 2. The number of hydrogen-bond donors (Lipinski definition) is 2. The van der Waals surface area contributed by atoms with Crippen LogP contribution >= 0.6 is 23.4 Å². The van der Waals surface area contributed by atoms with Gasteiger partial charge in [0.05, 0.1) is 10.6 Å². The SMILES string of the molecule is O=C1NC(=Nc2ccc(O)cc2)S/C1=C/c1ccccc1Cl. The first-order valence-corrected chi connectivity index (χ1v) is 7.64. The highest BCUT2D eigenvalue weighted by atomic mass is 35.5. The van der Waals surface area contributed by atoms with Gasteiger partial charge in [-0.3, -0.25) is 4.79 Å². The van der Waals surface area contributed by atoms with Crippen molar-refractivity contribution in [2.45, 2.75) is 0 Å². The zero-order valence-electron chi connectivity index (χ0n) is 11.3. The summed E-state index contributed by atoms with van der Waals surface area (Å²) in [6.45, 7) is 0. The van der Waals surface area contributed by atoms with Crippen LogP contribution in [-0.2, 0) is 4.79 Å². The number of carbonyl (C=O) groups is 1. The number of aromatic hydroxyl groups is 1. The maximum Gasteiger partial charge on any atom is 0.264 e. The van der Waals surface area contributed by atoms with Gasteiger partial charge < -0.3 is 10.4 Å². The Balaban J connectivity index is 1.84. The van der Waals surface area contributed by atoms with Crippen LogP contribution in [0.25, 0.3) is 6.08 Å². The highest BCUT2D eigenvalue weighted by Gasteiger charge is 2.24. The average Bonchev–Trinajstić information content (AvgIpc) is 2.84. The summed E-state index contributed by atoms with van der Waals surface area (Å²) in [7, 11) is 0. The summed E-state index contributed by atoms with van der Waals surface area (Å²) in [6, 6.07) is 13.7. The number of nitrogens with zero attached hydrogens (tertiary/aromatic N) is 1. The zero-order valence-corrected chi connectivity index (χ0v) is 12.9. The average molecular weight is 331 g/mol. The quantitative estimate of drug-likeness (QED) is 0.820. The molecule has 1 aliphatic rings. The van der Waals surface area contributed by atoms with Gasteiger partial charge in [-0.15, -0.1) is 0 Å². The normalized spacial score (nSPS) is 18.0. The number of phenols is 1. The predicted molar refractivity (Wildman–Crippen MR) is 90.4 cm³/mol. The Kier molecular flexibility index (Phi) is 4.18. The molecular weight excluding hydrogens is 320 g/mol. The van der Waals surface area contributed by atoms with Crippen LogP contribution in [0, 0.1) is 0 Å². The third kappa shape index (κ3) is 3.32. The molecule has 1 heterocycles. The largest absolute Gasteiger partial charge is 0.508 e. The topological polar surface area (TPSA) is 61.7 Å². The van der Waals surface area contributed by atoms with Crippen LogP contribution in [-0.4, -0.2) is 16.2 Å². The lowest BCUT2D eigenvalue weighted by atomic mass is 10.2. The maximum atomic E-state index is 12.0. The van der Waals surface area contributed by atoms with Crippen molar-refractivity contribution in [3.63, 3.8) is 0 Å². The van der Waals surface area contributed by atoms with Crippen LogP contribution in [0.1, 0.15) is 5.56 Å². The number of halogens is 1. The fraction of sp³-hybridized carbons (Fsp3) is 0. The lowest BCUT2D eigenvalue weighted by molar-refractivity contribution is -0.115. The third-order valence-electron chi connectivity index (χ3n) is 2.92. The van der Waals surface area contributed by atoms with Gasteiger partial charge in [0.2, 0.25) is 0 Å². The Hall–Kier alpha value is -2.24. The summed E-state index contributed by atoms with van der Waals surface area (Å²) in [6.07, 6.45) is 1.74. The molecule has 0 unspecified atom stereocenters. The molecule has 0 aromatic heterocycles. The van der Waals surface area contributed by atoms with E-state index in [4.69, 9.17) is 11.6 Å². The number of hydrogen-bond acceptors (Lipinski definition) is 4. The number of carbonyl (C=O) groups excluding carboxylic acids is 1. The molecule has 1 amide bonds. The summed E-state index contributed by atoms with van der Waals surface area (Å²) < 4.78 is 0. The van der Waals surface area contributed by atoms with Crippen molar-refractivity contribution in [2.24, 2.45) is 4.99 Å². The second-order valence-corrected chi connectivity index (χ2v) is 5.96. The summed E-state index contributed by atoms with van der Waals surface area (Å²) in [5, 5.41) is 13.0. The monoisotopic (exact) mass is 330 g/mol. The van der Waals surface area contributed by atoms with E-state index < -0.39 is 0 Å². The number of benzene rings is 2. The van der Waals surface area contributed by atoms with Crippen LogP contribution in [0.5, 0.6) is 5.75 Å². The van der Waals surface area contributed by atoms with Gasteiger partial charge >= 0.3 is 0 Å².